The van der Waals surface area contributed by atoms with E-state index in [1.807, 2.05) is 12.1 Å². The van der Waals surface area contributed by atoms with Gasteiger partial charge in [0.2, 0.25) is 11.7 Å². The largest absolute Gasteiger partial charge is 0.392 e. The van der Waals surface area contributed by atoms with Gasteiger partial charge in [0.1, 0.15) is 5.82 Å². The fraction of sp³-hybridized carbons (Fsp3) is 0.278. The maximum absolute atomic E-state index is 13.1. The van der Waals surface area contributed by atoms with Gasteiger partial charge in [-0.15, -0.1) is 0 Å². The molecule has 3 heterocycles. The summed E-state index contributed by atoms with van der Waals surface area (Å²) in [4.78, 5) is 10.5. The van der Waals surface area contributed by atoms with Crippen LogP contribution < -0.4 is 0 Å². The lowest BCUT2D eigenvalue weighted by atomic mass is 10.1. The molecule has 1 fully saturated rings. The molecule has 3 aromatic rings. The van der Waals surface area contributed by atoms with Gasteiger partial charge >= 0.3 is 0 Å². The normalized spacial score (nSPS) is 20.9. The van der Waals surface area contributed by atoms with Crippen molar-refractivity contribution in [1.82, 2.24) is 20.0 Å². The molecule has 1 aliphatic rings. The minimum absolute atomic E-state index is 0.164. The molecule has 0 amide bonds. The molecule has 6 nitrogen and oxygen atoms in total. The third-order valence-electron chi connectivity index (χ3n) is 4.35. The molecule has 25 heavy (non-hydrogen) atoms. The molecule has 0 spiro atoms. The van der Waals surface area contributed by atoms with Gasteiger partial charge in [-0.3, -0.25) is 9.88 Å². The van der Waals surface area contributed by atoms with E-state index in [-0.39, 0.29) is 11.9 Å². The van der Waals surface area contributed by atoms with Crippen LogP contribution in [0.15, 0.2) is 53.3 Å². The first kappa shape index (κ1) is 15.9. The van der Waals surface area contributed by atoms with E-state index in [1.54, 1.807) is 24.5 Å². The standard InChI is InChI=1S/C18H17FN4O2/c19-14-3-1-12(2-4-14)10-23-11-15(24)9-16(23)18-21-17(22-25-18)13-5-7-20-8-6-13/h1-8,15-16,24H,9-11H2/t15-,16+/m1/s1. The molecule has 128 valence electrons. The zero-order valence-electron chi connectivity index (χ0n) is 13.4. The maximum Gasteiger partial charge on any atom is 0.244 e. The van der Waals surface area contributed by atoms with Crippen LogP contribution in [0.2, 0.25) is 0 Å². The molecule has 7 heteroatoms. The molecule has 1 N–H and O–H groups in total. The van der Waals surface area contributed by atoms with Crippen molar-refractivity contribution in [3.63, 3.8) is 0 Å². The maximum atomic E-state index is 13.1. The van der Waals surface area contributed by atoms with Gasteiger partial charge in [0, 0.05) is 31.0 Å². The number of aliphatic hydroxyl groups excluding tert-OH is 1. The van der Waals surface area contributed by atoms with Crippen LogP contribution in [0.5, 0.6) is 0 Å². The van der Waals surface area contributed by atoms with E-state index >= 15 is 0 Å². The second kappa shape index (κ2) is 6.70. The summed E-state index contributed by atoms with van der Waals surface area (Å²) in [5.74, 6) is 0.714. The molecule has 2 atom stereocenters. The summed E-state index contributed by atoms with van der Waals surface area (Å²) in [6.07, 6.45) is 3.41. The van der Waals surface area contributed by atoms with Crippen molar-refractivity contribution in [3.05, 3.63) is 66.1 Å². The summed E-state index contributed by atoms with van der Waals surface area (Å²) < 4.78 is 18.5. The van der Waals surface area contributed by atoms with Crippen LogP contribution in [0, 0.1) is 5.82 Å². The monoisotopic (exact) mass is 340 g/mol. The van der Waals surface area contributed by atoms with Gasteiger partial charge < -0.3 is 9.63 Å². The van der Waals surface area contributed by atoms with E-state index in [4.69, 9.17) is 4.52 Å². The van der Waals surface area contributed by atoms with Gasteiger partial charge in [0.25, 0.3) is 0 Å². The summed E-state index contributed by atoms with van der Waals surface area (Å²) in [7, 11) is 0. The molecule has 0 saturated carbocycles. The van der Waals surface area contributed by atoms with Crippen LogP contribution >= 0.6 is 0 Å². The molecule has 1 saturated heterocycles. The lowest BCUT2D eigenvalue weighted by molar-refractivity contribution is 0.169. The van der Waals surface area contributed by atoms with Gasteiger partial charge in [0.15, 0.2) is 0 Å². The van der Waals surface area contributed by atoms with Crippen molar-refractivity contribution in [2.45, 2.75) is 25.1 Å². The summed E-state index contributed by atoms with van der Waals surface area (Å²) in [6, 6.07) is 9.82. The predicted molar refractivity (Wildman–Crippen MR) is 87.7 cm³/mol. The van der Waals surface area contributed by atoms with Crippen LogP contribution in [0.25, 0.3) is 11.4 Å². The highest BCUT2D eigenvalue weighted by Gasteiger charge is 2.35. The third-order valence-corrected chi connectivity index (χ3v) is 4.35. The van der Waals surface area contributed by atoms with Gasteiger partial charge in [-0.25, -0.2) is 4.39 Å². The quantitative estimate of drug-likeness (QED) is 0.787. The Morgan fingerprint density at radius 1 is 1.16 bits per heavy atom. The predicted octanol–water partition coefficient (Wildman–Crippen LogP) is 2.58. The second-order valence-corrected chi connectivity index (χ2v) is 6.15. The number of likely N-dealkylation sites (tertiary alicyclic amines) is 1. The minimum atomic E-state index is -0.457. The van der Waals surface area contributed by atoms with Crippen molar-refractivity contribution >= 4 is 0 Å². The number of pyridine rings is 1. The first-order chi connectivity index (χ1) is 12.2. The molecule has 0 bridgehead atoms. The van der Waals surface area contributed by atoms with Gasteiger partial charge in [-0.05, 0) is 36.2 Å². The molecular weight excluding hydrogens is 323 g/mol. The van der Waals surface area contributed by atoms with Crippen molar-refractivity contribution in [3.8, 4) is 11.4 Å². The van der Waals surface area contributed by atoms with Crippen LogP contribution in [0.4, 0.5) is 4.39 Å². The van der Waals surface area contributed by atoms with Gasteiger partial charge in [-0.1, -0.05) is 17.3 Å². The Bertz CT molecular complexity index is 838. The van der Waals surface area contributed by atoms with Crippen molar-refractivity contribution in [2.75, 3.05) is 6.54 Å². The average molecular weight is 340 g/mol. The van der Waals surface area contributed by atoms with E-state index in [0.717, 1.165) is 11.1 Å². The van der Waals surface area contributed by atoms with E-state index in [0.29, 0.717) is 31.2 Å². The molecule has 0 unspecified atom stereocenters. The van der Waals surface area contributed by atoms with E-state index in [9.17, 15) is 9.50 Å². The first-order valence-electron chi connectivity index (χ1n) is 8.09. The zero-order chi connectivity index (χ0) is 17.2. The van der Waals surface area contributed by atoms with Crippen molar-refractivity contribution in [2.24, 2.45) is 0 Å². The molecule has 1 aliphatic heterocycles. The Morgan fingerprint density at radius 3 is 2.68 bits per heavy atom. The molecule has 2 aromatic heterocycles. The van der Waals surface area contributed by atoms with Gasteiger partial charge in [0.05, 0.1) is 12.1 Å². The SMILES string of the molecule is O[C@@H]1C[C@@H](c2nc(-c3ccncc3)no2)N(Cc2ccc(F)cc2)C1. The zero-order valence-corrected chi connectivity index (χ0v) is 13.4. The van der Waals surface area contributed by atoms with Gasteiger partial charge in [-0.2, -0.15) is 4.98 Å². The third kappa shape index (κ3) is 3.42. The fourth-order valence-electron chi connectivity index (χ4n) is 3.12. The summed E-state index contributed by atoms with van der Waals surface area (Å²) in [5.41, 5.74) is 1.79. The number of β-amino-alcohol motifs (C(OH)–C–C–N with tert-alkyl or cyclic N) is 1. The average Bonchev–Trinajstić information content (AvgIpc) is 3.24. The smallest absolute Gasteiger partial charge is 0.244 e. The first-order valence-corrected chi connectivity index (χ1v) is 8.09. The summed E-state index contributed by atoms with van der Waals surface area (Å²) in [5, 5.41) is 14.1. The number of benzene rings is 1. The topological polar surface area (TPSA) is 75.3 Å². The van der Waals surface area contributed by atoms with Crippen LogP contribution in [0.3, 0.4) is 0 Å². The second-order valence-electron chi connectivity index (χ2n) is 6.15. The van der Waals surface area contributed by atoms with Crippen LogP contribution in [-0.4, -0.2) is 37.8 Å². The number of halogens is 1. The molecular formula is C18H17FN4O2. The Morgan fingerprint density at radius 2 is 1.92 bits per heavy atom. The molecule has 4 rings (SSSR count). The van der Waals surface area contributed by atoms with E-state index in [1.165, 1.54) is 12.1 Å². The lowest BCUT2D eigenvalue weighted by Crippen LogP contribution is -2.24. The van der Waals surface area contributed by atoms with Crippen LogP contribution in [-0.2, 0) is 6.54 Å². The number of rotatable bonds is 4. The summed E-state index contributed by atoms with van der Waals surface area (Å²) >= 11 is 0. The summed E-state index contributed by atoms with van der Waals surface area (Å²) in [6.45, 7) is 1.09. The highest BCUT2D eigenvalue weighted by molar-refractivity contribution is 5.52. The number of hydrogen-bond donors (Lipinski definition) is 1. The van der Waals surface area contributed by atoms with Crippen molar-refractivity contribution in [1.29, 1.82) is 0 Å². The number of aromatic nitrogens is 3. The highest BCUT2D eigenvalue weighted by Crippen LogP contribution is 2.33. The van der Waals surface area contributed by atoms with E-state index < -0.39 is 6.10 Å². The Balaban J connectivity index is 1.55. The number of hydrogen-bond acceptors (Lipinski definition) is 6. The minimum Gasteiger partial charge on any atom is -0.392 e. The molecule has 0 aliphatic carbocycles. The fourth-order valence-corrected chi connectivity index (χ4v) is 3.12. The van der Waals surface area contributed by atoms with Crippen LogP contribution in [0.1, 0.15) is 23.9 Å². The Kier molecular flexibility index (Phi) is 4.25. The Labute approximate surface area is 143 Å². The molecule has 0 radical (unpaired) electrons. The van der Waals surface area contributed by atoms with E-state index in [2.05, 4.69) is 20.0 Å². The number of aliphatic hydroxyl groups is 1. The highest BCUT2D eigenvalue weighted by atomic mass is 19.1. The Hall–Kier alpha value is -2.64. The lowest BCUT2D eigenvalue weighted by Gasteiger charge is -2.21. The molecule has 1 aromatic carbocycles. The van der Waals surface area contributed by atoms with Crippen molar-refractivity contribution < 1.29 is 14.0 Å². The number of nitrogens with zero attached hydrogens (tertiary/aromatic N) is 4.